The normalized spacial score (nSPS) is 11.3. The number of rotatable bonds is 8. The van der Waals surface area contributed by atoms with Crippen LogP contribution in [-0.2, 0) is 10.4 Å². The molecule has 0 rings (SSSR count). The second-order valence-corrected chi connectivity index (χ2v) is 5.07. The molecule has 0 aliphatic carbocycles. The molecule has 0 aromatic rings. The van der Waals surface area contributed by atoms with Gasteiger partial charge < -0.3 is 4.48 Å². The molecule has 0 radical (unpaired) electrons. The highest BCUT2D eigenvalue weighted by molar-refractivity contribution is 7.79. The Balaban J connectivity index is 0. The Morgan fingerprint density at radius 3 is 1.44 bits per heavy atom. The average molecular weight is 280 g/mol. The van der Waals surface area contributed by atoms with E-state index in [2.05, 4.69) is 27.0 Å². The summed E-state index contributed by atoms with van der Waals surface area (Å²) in [5.74, 6) is 0. The van der Waals surface area contributed by atoms with Gasteiger partial charge in [0.25, 0.3) is 0 Å². The molecule has 2 N–H and O–H groups in total. The lowest BCUT2D eigenvalue weighted by Gasteiger charge is -2.36. The van der Waals surface area contributed by atoms with Gasteiger partial charge in [0, 0.05) is 0 Å². The second-order valence-electron chi connectivity index (χ2n) is 4.18. The fourth-order valence-corrected chi connectivity index (χ4v) is 2.05. The molecule has 0 bridgehead atoms. The molecule has 0 aromatic carbocycles. The Kier molecular flexibility index (Phi) is 11.2. The predicted octanol–water partition coefficient (Wildman–Crippen LogP) is 2.34. The third kappa shape index (κ3) is 13.4. The summed E-state index contributed by atoms with van der Waals surface area (Å²) in [4.78, 5) is 0. The monoisotopic (exact) mass is 280 g/mol. The minimum atomic E-state index is -4.67. The summed E-state index contributed by atoms with van der Waals surface area (Å²) in [6.45, 7) is 16.8. The molecule has 0 amide bonds. The molecule has 0 aromatic heterocycles. The van der Waals surface area contributed by atoms with Crippen molar-refractivity contribution < 1.29 is 22.0 Å². The van der Waals surface area contributed by atoms with Crippen LogP contribution in [0.1, 0.15) is 26.7 Å². The molecule has 0 aliphatic rings. The third-order valence-electron chi connectivity index (χ3n) is 2.43. The molecule has 0 saturated carbocycles. The van der Waals surface area contributed by atoms with Crippen LogP contribution in [0.5, 0.6) is 0 Å². The van der Waals surface area contributed by atoms with Gasteiger partial charge in [-0.25, -0.2) is 0 Å². The van der Waals surface area contributed by atoms with Crippen LogP contribution in [0.3, 0.4) is 0 Å². The van der Waals surface area contributed by atoms with Gasteiger partial charge in [-0.2, -0.15) is 8.42 Å². The van der Waals surface area contributed by atoms with Gasteiger partial charge >= 0.3 is 10.4 Å². The van der Waals surface area contributed by atoms with Crippen LogP contribution < -0.4 is 0 Å². The van der Waals surface area contributed by atoms with E-state index in [0.717, 1.165) is 17.6 Å². The van der Waals surface area contributed by atoms with Crippen molar-refractivity contribution in [3.05, 3.63) is 25.3 Å². The van der Waals surface area contributed by atoms with Crippen LogP contribution in [0, 0.1) is 0 Å². The molecule has 0 heterocycles. The topological polar surface area (TPSA) is 74.6 Å². The summed E-state index contributed by atoms with van der Waals surface area (Å²) < 4.78 is 32.7. The highest BCUT2D eigenvalue weighted by atomic mass is 32.3. The Bertz CT molecular complexity index is 299. The maximum absolute atomic E-state index is 8.74. The van der Waals surface area contributed by atoms with E-state index in [9.17, 15) is 0 Å². The van der Waals surface area contributed by atoms with Crippen LogP contribution in [-0.4, -0.2) is 48.2 Å². The van der Waals surface area contributed by atoms with Crippen LogP contribution in [0.4, 0.5) is 0 Å². The highest BCUT2D eigenvalue weighted by Crippen LogP contribution is 2.10. The molecule has 108 valence electrons. The molecule has 6 heteroatoms. The van der Waals surface area contributed by atoms with Crippen molar-refractivity contribution in [1.29, 1.82) is 0 Å². The molecule has 0 saturated heterocycles. The molecule has 0 atom stereocenters. The summed E-state index contributed by atoms with van der Waals surface area (Å²) in [6.07, 6.45) is 6.55. The lowest BCUT2D eigenvalue weighted by atomic mass is 10.2. The maximum atomic E-state index is 8.74. The summed E-state index contributed by atoms with van der Waals surface area (Å²) in [5, 5.41) is 0. The fraction of sp³-hybridized carbons (Fsp3) is 0.667. The van der Waals surface area contributed by atoms with Gasteiger partial charge in [-0.1, -0.05) is 27.0 Å². The minimum Gasteiger partial charge on any atom is -0.317 e. The zero-order chi connectivity index (χ0) is 14.7. The summed E-state index contributed by atoms with van der Waals surface area (Å²) in [6, 6.07) is 0. The van der Waals surface area contributed by atoms with Crippen molar-refractivity contribution in [3.8, 4) is 0 Å². The Morgan fingerprint density at radius 1 is 1.00 bits per heavy atom. The lowest BCUT2D eigenvalue weighted by Crippen LogP contribution is -2.49. The number of nitrogens with zero attached hydrogens (tertiary/aromatic N) is 1. The fourth-order valence-electron chi connectivity index (χ4n) is 2.05. The first-order valence-corrected chi connectivity index (χ1v) is 7.41. The van der Waals surface area contributed by atoms with Crippen molar-refractivity contribution in [2.75, 3.05) is 26.2 Å². The molecule has 5 nitrogen and oxygen atoms in total. The van der Waals surface area contributed by atoms with Gasteiger partial charge in [0.15, 0.2) is 0 Å². The molecule has 0 aliphatic heterocycles. The second kappa shape index (κ2) is 10.3. The van der Waals surface area contributed by atoms with E-state index >= 15 is 0 Å². The average Bonchev–Trinajstić information content (AvgIpc) is 2.16. The zero-order valence-electron chi connectivity index (χ0n) is 11.4. The van der Waals surface area contributed by atoms with Gasteiger partial charge in [-0.15, -0.1) is 0 Å². The van der Waals surface area contributed by atoms with E-state index < -0.39 is 10.4 Å². The van der Waals surface area contributed by atoms with Gasteiger partial charge in [-0.05, 0) is 25.0 Å². The quantitative estimate of drug-likeness (QED) is 0.406. The van der Waals surface area contributed by atoms with Crippen molar-refractivity contribution >= 4 is 10.4 Å². The SMILES string of the molecule is C=CC[N+](CC=C)(CCC)CCC.O=S(=O)(O)O. The first-order valence-electron chi connectivity index (χ1n) is 6.01. The molecule has 0 spiro atoms. The summed E-state index contributed by atoms with van der Waals surface area (Å²) >= 11 is 0. The van der Waals surface area contributed by atoms with Crippen molar-refractivity contribution in [2.45, 2.75) is 26.7 Å². The number of hydrogen-bond acceptors (Lipinski definition) is 2. The summed E-state index contributed by atoms with van der Waals surface area (Å²) in [5.41, 5.74) is 0. The standard InChI is InChI=1S/C12H24N.H2O4S/c1-5-9-13(10-6-2,11-7-3)12-8-4;1-5(2,3)4/h5-6H,1-2,7-12H2,3-4H3;(H2,1,2,3,4)/q+1;. The van der Waals surface area contributed by atoms with E-state index in [1.165, 1.54) is 25.9 Å². The molecule has 0 fully saturated rings. The third-order valence-corrected chi connectivity index (χ3v) is 2.43. The van der Waals surface area contributed by atoms with Crippen molar-refractivity contribution in [3.63, 3.8) is 0 Å². The highest BCUT2D eigenvalue weighted by Gasteiger charge is 2.21. The van der Waals surface area contributed by atoms with Crippen LogP contribution in [0.2, 0.25) is 0 Å². The first kappa shape index (κ1) is 19.6. The van der Waals surface area contributed by atoms with E-state index in [1.807, 2.05) is 12.2 Å². The molecular weight excluding hydrogens is 254 g/mol. The molecule has 18 heavy (non-hydrogen) atoms. The van der Waals surface area contributed by atoms with Gasteiger partial charge in [0.2, 0.25) is 0 Å². The number of hydrogen-bond donors (Lipinski definition) is 2. The van der Waals surface area contributed by atoms with Gasteiger partial charge in [0.1, 0.15) is 0 Å². The Labute approximate surface area is 111 Å². The number of quaternary nitrogens is 1. The largest absolute Gasteiger partial charge is 0.394 e. The van der Waals surface area contributed by atoms with Gasteiger partial charge in [0.05, 0.1) is 26.2 Å². The van der Waals surface area contributed by atoms with Crippen molar-refractivity contribution in [1.82, 2.24) is 0 Å². The first-order chi connectivity index (χ1) is 8.24. The predicted molar refractivity (Wildman–Crippen MR) is 74.9 cm³/mol. The molecule has 0 unspecified atom stereocenters. The van der Waals surface area contributed by atoms with E-state index in [1.54, 1.807) is 0 Å². The Morgan fingerprint density at radius 2 is 1.28 bits per heavy atom. The van der Waals surface area contributed by atoms with Crippen LogP contribution in [0.25, 0.3) is 0 Å². The van der Waals surface area contributed by atoms with Crippen molar-refractivity contribution in [2.24, 2.45) is 0 Å². The summed E-state index contributed by atoms with van der Waals surface area (Å²) in [7, 11) is -4.67. The lowest BCUT2D eigenvalue weighted by molar-refractivity contribution is -0.917. The van der Waals surface area contributed by atoms with Crippen LogP contribution >= 0.6 is 0 Å². The van der Waals surface area contributed by atoms with E-state index in [4.69, 9.17) is 17.5 Å². The minimum absolute atomic E-state index is 1.08. The van der Waals surface area contributed by atoms with E-state index in [-0.39, 0.29) is 0 Å². The maximum Gasteiger partial charge on any atom is 0.394 e. The zero-order valence-corrected chi connectivity index (χ0v) is 12.2. The van der Waals surface area contributed by atoms with Gasteiger partial charge in [-0.3, -0.25) is 9.11 Å². The molecular formula is C12H26NO4S+. The smallest absolute Gasteiger partial charge is 0.317 e. The van der Waals surface area contributed by atoms with Crippen LogP contribution in [0.15, 0.2) is 25.3 Å². The Hall–Kier alpha value is -0.690. The van der Waals surface area contributed by atoms with E-state index in [0.29, 0.717) is 0 Å².